The molecule has 0 amide bonds. The highest BCUT2D eigenvalue weighted by molar-refractivity contribution is 9.10. The van der Waals surface area contributed by atoms with E-state index in [2.05, 4.69) is 40.8 Å². The third kappa shape index (κ3) is 2.29. The Labute approximate surface area is 116 Å². The van der Waals surface area contributed by atoms with Crippen LogP contribution < -0.4 is 5.73 Å². The maximum atomic E-state index is 6.14. The van der Waals surface area contributed by atoms with Crippen LogP contribution >= 0.6 is 15.9 Å². The van der Waals surface area contributed by atoms with Crippen molar-refractivity contribution in [1.82, 2.24) is 9.55 Å². The summed E-state index contributed by atoms with van der Waals surface area (Å²) in [7, 11) is 1.97. The molecular weight excluding hydrogens is 290 g/mol. The predicted molar refractivity (Wildman–Crippen MR) is 79.5 cm³/mol. The number of hydrogen-bond donors (Lipinski definition) is 1. The van der Waals surface area contributed by atoms with Gasteiger partial charge in [-0.3, -0.25) is 0 Å². The molecule has 1 heterocycles. The lowest BCUT2D eigenvalue weighted by atomic mass is 10.1. The number of benzene rings is 1. The van der Waals surface area contributed by atoms with E-state index in [1.54, 1.807) is 0 Å². The molecule has 0 unspecified atom stereocenters. The zero-order chi connectivity index (χ0) is 13.3. The molecule has 0 fully saturated rings. The van der Waals surface area contributed by atoms with Gasteiger partial charge in [-0.25, -0.2) is 4.98 Å². The molecular formula is C14H18BrN3. The van der Waals surface area contributed by atoms with Gasteiger partial charge >= 0.3 is 0 Å². The van der Waals surface area contributed by atoms with Gasteiger partial charge in [-0.15, -0.1) is 0 Å². The quantitative estimate of drug-likeness (QED) is 0.939. The lowest BCUT2D eigenvalue weighted by molar-refractivity contribution is 0.764. The second-order valence-electron chi connectivity index (χ2n) is 4.53. The molecule has 1 aromatic carbocycles. The van der Waals surface area contributed by atoms with Crippen LogP contribution in [0.5, 0.6) is 0 Å². The van der Waals surface area contributed by atoms with Gasteiger partial charge in [0.25, 0.3) is 0 Å². The summed E-state index contributed by atoms with van der Waals surface area (Å²) in [4.78, 5) is 4.66. The maximum absolute atomic E-state index is 6.14. The van der Waals surface area contributed by atoms with Crippen LogP contribution in [0.3, 0.4) is 0 Å². The first-order valence-corrected chi connectivity index (χ1v) is 6.91. The van der Waals surface area contributed by atoms with Crippen LogP contribution in [0.4, 0.5) is 5.82 Å². The largest absolute Gasteiger partial charge is 0.383 e. The predicted octanol–water partition coefficient (Wildman–Crippen LogP) is 3.69. The van der Waals surface area contributed by atoms with E-state index in [0.29, 0.717) is 0 Å². The molecule has 3 nitrogen and oxygen atoms in total. The van der Waals surface area contributed by atoms with Gasteiger partial charge in [0.1, 0.15) is 17.3 Å². The molecule has 0 spiro atoms. The van der Waals surface area contributed by atoms with Crippen molar-refractivity contribution in [1.29, 1.82) is 0 Å². The fourth-order valence-corrected chi connectivity index (χ4v) is 2.26. The Morgan fingerprint density at radius 3 is 2.72 bits per heavy atom. The van der Waals surface area contributed by atoms with E-state index >= 15 is 0 Å². The van der Waals surface area contributed by atoms with Crippen LogP contribution in [0.25, 0.3) is 11.3 Å². The highest BCUT2D eigenvalue weighted by Gasteiger charge is 2.13. The van der Waals surface area contributed by atoms with Crippen molar-refractivity contribution in [3.63, 3.8) is 0 Å². The molecule has 0 aliphatic heterocycles. The molecule has 18 heavy (non-hydrogen) atoms. The lowest BCUT2D eigenvalue weighted by Gasteiger charge is -2.03. The van der Waals surface area contributed by atoms with Gasteiger partial charge in [0.15, 0.2) is 0 Å². The number of hydrogen-bond acceptors (Lipinski definition) is 2. The van der Waals surface area contributed by atoms with E-state index in [1.165, 1.54) is 5.56 Å². The number of halogens is 1. The van der Waals surface area contributed by atoms with Crippen LogP contribution in [0.2, 0.25) is 0 Å². The minimum Gasteiger partial charge on any atom is -0.383 e. The highest BCUT2D eigenvalue weighted by Crippen LogP contribution is 2.29. The van der Waals surface area contributed by atoms with Crippen molar-refractivity contribution < 1.29 is 0 Å². The summed E-state index contributed by atoms with van der Waals surface area (Å²) < 4.78 is 3.09. The molecule has 2 rings (SSSR count). The first-order valence-electron chi connectivity index (χ1n) is 6.12. The zero-order valence-corrected chi connectivity index (χ0v) is 12.6. The Hall–Kier alpha value is -1.29. The van der Waals surface area contributed by atoms with Gasteiger partial charge in [0, 0.05) is 23.5 Å². The number of rotatable bonds is 3. The van der Waals surface area contributed by atoms with Crippen LogP contribution in [0, 0.1) is 6.92 Å². The summed E-state index contributed by atoms with van der Waals surface area (Å²) in [6, 6.07) is 6.20. The third-order valence-electron chi connectivity index (χ3n) is 3.14. The Kier molecular flexibility index (Phi) is 3.76. The summed E-state index contributed by atoms with van der Waals surface area (Å²) in [5, 5.41) is 0. The molecule has 1 aromatic heterocycles. The summed E-state index contributed by atoms with van der Waals surface area (Å²) in [6.45, 7) is 4.22. The summed E-state index contributed by atoms with van der Waals surface area (Å²) in [5.41, 5.74) is 9.29. The molecule has 96 valence electrons. The number of nitrogen functional groups attached to an aromatic ring is 1. The Bertz CT molecular complexity index is 573. The van der Waals surface area contributed by atoms with E-state index in [1.807, 2.05) is 23.7 Å². The molecule has 0 aliphatic rings. The average Bonchev–Trinajstić information content (AvgIpc) is 2.62. The standard InChI is InChI=1S/C14H18BrN3/c1-4-5-12-17-13(14(16)18(12)3)10-6-7-11(15)9(2)8-10/h6-8H,4-5,16H2,1-3H3. The first kappa shape index (κ1) is 13.1. The minimum absolute atomic E-state index is 0.736. The van der Waals surface area contributed by atoms with Gasteiger partial charge < -0.3 is 10.3 Å². The van der Waals surface area contributed by atoms with Crippen molar-refractivity contribution >= 4 is 21.7 Å². The number of nitrogens with two attached hydrogens (primary N) is 1. The third-order valence-corrected chi connectivity index (χ3v) is 4.03. The van der Waals surface area contributed by atoms with E-state index in [-0.39, 0.29) is 0 Å². The summed E-state index contributed by atoms with van der Waals surface area (Å²) in [5.74, 6) is 1.78. The molecule has 0 saturated carbocycles. The fraction of sp³-hybridized carbons (Fsp3) is 0.357. The molecule has 2 aromatic rings. The number of aromatic nitrogens is 2. The molecule has 0 bridgehead atoms. The Morgan fingerprint density at radius 2 is 2.11 bits per heavy atom. The van der Waals surface area contributed by atoms with Crippen LogP contribution in [-0.2, 0) is 13.5 Å². The molecule has 0 saturated heterocycles. The highest BCUT2D eigenvalue weighted by atomic mass is 79.9. The van der Waals surface area contributed by atoms with Crippen LogP contribution in [0.15, 0.2) is 22.7 Å². The molecule has 0 radical (unpaired) electrons. The summed E-state index contributed by atoms with van der Waals surface area (Å²) >= 11 is 3.51. The molecule has 0 aliphatic carbocycles. The van der Waals surface area contributed by atoms with E-state index in [4.69, 9.17) is 5.73 Å². The van der Waals surface area contributed by atoms with Crippen molar-refractivity contribution in [2.24, 2.45) is 7.05 Å². The Morgan fingerprint density at radius 1 is 1.39 bits per heavy atom. The normalized spacial score (nSPS) is 10.9. The monoisotopic (exact) mass is 307 g/mol. The first-order chi connectivity index (χ1) is 8.54. The topological polar surface area (TPSA) is 43.8 Å². The van der Waals surface area contributed by atoms with Crippen LogP contribution in [-0.4, -0.2) is 9.55 Å². The van der Waals surface area contributed by atoms with Gasteiger partial charge in [0.2, 0.25) is 0 Å². The molecule has 4 heteroatoms. The SMILES string of the molecule is CCCc1nc(-c2ccc(Br)c(C)c2)c(N)n1C. The molecule has 2 N–H and O–H groups in total. The van der Waals surface area contributed by atoms with Gasteiger partial charge in [-0.1, -0.05) is 28.9 Å². The number of anilines is 1. The summed E-state index contributed by atoms with van der Waals surface area (Å²) in [6.07, 6.45) is 2.03. The maximum Gasteiger partial charge on any atom is 0.131 e. The number of imidazole rings is 1. The number of aryl methyl sites for hydroxylation is 2. The van der Waals surface area contributed by atoms with Crippen molar-refractivity contribution in [2.45, 2.75) is 26.7 Å². The van der Waals surface area contributed by atoms with Crippen LogP contribution in [0.1, 0.15) is 24.7 Å². The van der Waals surface area contributed by atoms with Gasteiger partial charge in [-0.05, 0) is 31.0 Å². The van der Waals surface area contributed by atoms with E-state index in [0.717, 1.165) is 40.2 Å². The van der Waals surface area contributed by atoms with E-state index in [9.17, 15) is 0 Å². The van der Waals surface area contributed by atoms with Crippen molar-refractivity contribution in [3.05, 3.63) is 34.1 Å². The van der Waals surface area contributed by atoms with Gasteiger partial charge in [-0.2, -0.15) is 0 Å². The smallest absolute Gasteiger partial charge is 0.131 e. The fourth-order valence-electron chi connectivity index (χ4n) is 2.01. The zero-order valence-electron chi connectivity index (χ0n) is 11.0. The minimum atomic E-state index is 0.736. The number of nitrogens with zero attached hydrogens (tertiary/aromatic N) is 2. The second-order valence-corrected chi connectivity index (χ2v) is 5.39. The molecule has 0 atom stereocenters. The van der Waals surface area contributed by atoms with Gasteiger partial charge in [0.05, 0.1) is 0 Å². The van der Waals surface area contributed by atoms with E-state index < -0.39 is 0 Å². The Balaban J connectivity index is 2.50. The second kappa shape index (κ2) is 5.14. The average molecular weight is 308 g/mol. The van der Waals surface area contributed by atoms with Crippen molar-refractivity contribution in [2.75, 3.05) is 5.73 Å². The lowest BCUT2D eigenvalue weighted by Crippen LogP contribution is -2.01. The van der Waals surface area contributed by atoms with Crippen molar-refractivity contribution in [3.8, 4) is 11.3 Å².